The summed E-state index contributed by atoms with van der Waals surface area (Å²) in [5.41, 5.74) is 23.8. The molecule has 0 unspecified atom stereocenters. The number of nitrogens with zero attached hydrogens (tertiary/aromatic N) is 5. The van der Waals surface area contributed by atoms with Gasteiger partial charge < -0.3 is 30.2 Å². The molecule has 0 radical (unpaired) electrons. The molecule has 0 atom stereocenters. The van der Waals surface area contributed by atoms with E-state index in [0.717, 1.165) is 47.4 Å². The first-order chi connectivity index (χ1) is 33.6. The predicted octanol–water partition coefficient (Wildman–Crippen LogP) is 14.6. The van der Waals surface area contributed by atoms with Crippen LogP contribution in [0.25, 0.3) is 55.8 Å². The molecule has 0 saturated heterocycles. The normalized spacial score (nSPS) is 12.4. The van der Waals surface area contributed by atoms with E-state index in [1.54, 1.807) is 0 Å². The van der Waals surface area contributed by atoms with Gasteiger partial charge in [-0.1, -0.05) is 121 Å². The van der Waals surface area contributed by atoms with E-state index in [1.807, 2.05) is 55.6 Å². The quantitative estimate of drug-likeness (QED) is 0.153. The van der Waals surface area contributed by atoms with E-state index in [4.69, 9.17) is 0 Å². The minimum Gasteiger partial charge on any atom is -0.619 e. The number of aryl methyl sites for hydroxylation is 5. The molecule has 0 aliphatic carbocycles. The maximum atomic E-state index is 4.00. The van der Waals surface area contributed by atoms with Gasteiger partial charge in [0.05, 0.1) is 30.4 Å². The van der Waals surface area contributed by atoms with Crippen molar-refractivity contribution in [2.45, 2.75) is 34.6 Å². The van der Waals surface area contributed by atoms with Crippen LogP contribution in [-0.4, -0.2) is 25.5 Å². The smallest absolute Gasteiger partial charge is 0.619 e. The molecule has 11 rings (SSSR count). The van der Waals surface area contributed by atoms with Gasteiger partial charge in [0.1, 0.15) is 0 Å². The summed E-state index contributed by atoms with van der Waals surface area (Å²) >= 11 is 0. The third-order valence-electron chi connectivity index (χ3n) is 12.6. The summed E-state index contributed by atoms with van der Waals surface area (Å²) in [5.74, 6) is 0. The summed E-state index contributed by atoms with van der Waals surface area (Å²) in [6.45, 7) is 16.2. The van der Waals surface area contributed by atoms with E-state index in [9.17, 15) is 0 Å². The summed E-state index contributed by atoms with van der Waals surface area (Å²) in [6, 6.07) is 71.3. The Morgan fingerprint density at radius 3 is 1.56 bits per heavy atom. The Balaban J connectivity index is 0.000000152. The first-order valence-electron chi connectivity index (χ1n) is 23.4. The van der Waals surface area contributed by atoms with Gasteiger partial charge in [-0.2, -0.15) is 42.0 Å². The van der Waals surface area contributed by atoms with Gasteiger partial charge in [-0.3, -0.25) is 0 Å². The topological polar surface area (TPSA) is 48.7 Å². The Hall–Kier alpha value is -7.66. The van der Waals surface area contributed by atoms with Crippen LogP contribution in [-0.2, 0) is 21.1 Å². The maximum Gasteiger partial charge on any atom is 4.00 e. The molecule has 1 N–H and O–H groups in total. The second-order valence-corrected chi connectivity index (χ2v) is 17.6. The largest absolute Gasteiger partial charge is 4.00 e. The zero-order valence-corrected chi connectivity index (χ0v) is 42.8. The Labute approximate surface area is 429 Å². The summed E-state index contributed by atoms with van der Waals surface area (Å²) in [4.78, 5) is 6.79. The number of aromatic nitrogens is 2. The van der Waals surface area contributed by atoms with Crippen molar-refractivity contribution in [3.8, 4) is 55.8 Å². The van der Waals surface area contributed by atoms with Crippen LogP contribution in [0, 0.1) is 52.8 Å². The number of hydrogen-bond donors (Lipinski definition) is 1. The SMILES string of the molecule is C=CC1=CNCN1c1[c-]ccc(-c2c(C)cc(-c3ccccc3)cc2C)c1.Cc1cc(-c2[c-]cccc2)[n-]n1.Cc1cc(-c2ccccc2)cc(C)c1-c1cc[c-]c(N2CN(C)c3ccccc32)c1.[Pt+4]. The fourth-order valence-electron chi connectivity index (χ4n) is 9.43. The van der Waals surface area contributed by atoms with E-state index >= 15 is 0 Å². The predicted molar refractivity (Wildman–Crippen MR) is 288 cm³/mol. The van der Waals surface area contributed by atoms with Gasteiger partial charge in [0.25, 0.3) is 0 Å². The average Bonchev–Trinajstić information content (AvgIpc) is 4.14. The van der Waals surface area contributed by atoms with Crippen molar-refractivity contribution < 1.29 is 21.1 Å². The maximum absolute atomic E-state index is 4.00. The number of benzene rings is 8. The third kappa shape index (κ3) is 10.8. The van der Waals surface area contributed by atoms with Crippen LogP contribution in [0.1, 0.15) is 27.9 Å². The number of para-hydroxylation sites is 2. The van der Waals surface area contributed by atoms with Gasteiger partial charge in [0.2, 0.25) is 0 Å². The van der Waals surface area contributed by atoms with Crippen molar-refractivity contribution in [2.24, 2.45) is 0 Å². The molecule has 1 aromatic heterocycles. The van der Waals surface area contributed by atoms with Crippen molar-refractivity contribution in [1.29, 1.82) is 0 Å². The van der Waals surface area contributed by atoms with Crippen molar-refractivity contribution >= 4 is 22.7 Å². The van der Waals surface area contributed by atoms with E-state index in [-0.39, 0.29) is 21.1 Å². The molecule has 0 fully saturated rings. The molecular formula is C63H56N6Pt. The van der Waals surface area contributed by atoms with Crippen LogP contribution >= 0.6 is 0 Å². The van der Waals surface area contributed by atoms with Gasteiger partial charge in [-0.15, -0.1) is 53.6 Å². The monoisotopic (exact) mass is 1090 g/mol. The molecule has 9 aromatic rings. The summed E-state index contributed by atoms with van der Waals surface area (Å²) in [6.07, 6.45) is 3.85. The van der Waals surface area contributed by atoms with Crippen molar-refractivity contribution in [3.63, 3.8) is 0 Å². The number of hydrogen-bond acceptors (Lipinski definition) is 5. The molecule has 70 heavy (non-hydrogen) atoms. The molecule has 7 heteroatoms. The van der Waals surface area contributed by atoms with Crippen LogP contribution in [0.4, 0.5) is 22.7 Å². The summed E-state index contributed by atoms with van der Waals surface area (Å²) < 4.78 is 0. The van der Waals surface area contributed by atoms with E-state index in [2.05, 4.69) is 229 Å². The molecular weight excluding hydrogens is 1040 g/mol. The van der Waals surface area contributed by atoms with E-state index < -0.39 is 0 Å². The number of rotatable bonds is 8. The first kappa shape index (κ1) is 48.8. The molecule has 0 amide bonds. The Bertz CT molecular complexity index is 3200. The fourth-order valence-corrected chi connectivity index (χ4v) is 9.43. The molecule has 2 aliphatic rings. The van der Waals surface area contributed by atoms with Gasteiger partial charge in [-0.25, -0.2) is 5.69 Å². The van der Waals surface area contributed by atoms with Crippen LogP contribution < -0.4 is 25.1 Å². The van der Waals surface area contributed by atoms with Crippen LogP contribution in [0.2, 0.25) is 0 Å². The van der Waals surface area contributed by atoms with Crippen LogP contribution in [0.15, 0.2) is 200 Å². The molecule has 3 heterocycles. The Morgan fingerprint density at radius 2 is 1.06 bits per heavy atom. The van der Waals surface area contributed by atoms with Crippen molar-refractivity contribution in [1.82, 2.24) is 15.5 Å². The second-order valence-electron chi connectivity index (χ2n) is 17.6. The summed E-state index contributed by atoms with van der Waals surface area (Å²) in [5, 5.41) is 11.2. The first-order valence-corrected chi connectivity index (χ1v) is 23.4. The number of anilines is 4. The second kappa shape index (κ2) is 22.2. The minimum absolute atomic E-state index is 0. The van der Waals surface area contributed by atoms with Crippen LogP contribution in [0.3, 0.4) is 0 Å². The molecule has 0 spiro atoms. The zero-order chi connectivity index (χ0) is 47.9. The van der Waals surface area contributed by atoms with Gasteiger partial charge in [-0.05, 0) is 108 Å². The molecule has 8 aromatic carbocycles. The molecule has 6 nitrogen and oxygen atoms in total. The fraction of sp³-hybridized carbons (Fsp3) is 0.127. The van der Waals surface area contributed by atoms with Gasteiger partial charge in [0, 0.05) is 18.9 Å². The summed E-state index contributed by atoms with van der Waals surface area (Å²) in [7, 11) is 2.14. The van der Waals surface area contributed by atoms with E-state index in [0.29, 0.717) is 0 Å². The molecule has 0 bridgehead atoms. The van der Waals surface area contributed by atoms with Crippen LogP contribution in [0.5, 0.6) is 0 Å². The number of allylic oxidation sites excluding steroid dienone is 1. The average molecular weight is 1090 g/mol. The Kier molecular flexibility index (Phi) is 15.5. The van der Waals surface area contributed by atoms with Gasteiger partial charge >= 0.3 is 21.1 Å². The Morgan fingerprint density at radius 1 is 0.543 bits per heavy atom. The van der Waals surface area contributed by atoms with E-state index in [1.165, 1.54) is 78.1 Å². The number of nitrogens with one attached hydrogen (secondary N) is 1. The molecule has 2 aliphatic heterocycles. The third-order valence-corrected chi connectivity index (χ3v) is 12.6. The molecule has 0 saturated carbocycles. The van der Waals surface area contributed by atoms with Crippen molar-refractivity contribution in [2.75, 3.05) is 35.1 Å². The van der Waals surface area contributed by atoms with Crippen molar-refractivity contribution in [3.05, 3.63) is 247 Å². The van der Waals surface area contributed by atoms with Gasteiger partial charge in [0.15, 0.2) is 0 Å². The zero-order valence-electron chi connectivity index (χ0n) is 40.6. The minimum atomic E-state index is 0. The molecule has 348 valence electrons. The number of fused-ring (bicyclic) bond motifs is 1. The standard InChI is InChI=1S/C28H25N2.C25H23N2.C10H8N2.Pt/c1-20-16-24(22-10-5-4-6-11-22)17-21(2)28(20)23-12-9-13-25(18-23)30-19-29(3)26-14-7-8-15-27(26)30;1-4-23-16-26-17-27(23)24-12-8-11-21(15-24)25-18(2)13-22(14-19(25)3)20-9-6-5-7-10-20;1-8-7-10(12-11-8)9-5-3-2-4-6-9;/h4-12,14-18H,19H2,1-3H3;4-11,13-16,26H,1,17H2,2-3H3;2-5,7H,1H3;/q2*-1;-2;+4.